The molecule has 0 aliphatic heterocycles. The van der Waals surface area contributed by atoms with Crippen molar-refractivity contribution in [1.29, 1.82) is 5.26 Å². The number of nitrogens with zero attached hydrogens (tertiary/aromatic N) is 3. The van der Waals surface area contributed by atoms with Crippen LogP contribution in [0, 0.1) is 21.4 Å². The summed E-state index contributed by atoms with van der Waals surface area (Å²) >= 11 is 0. The number of rotatable bonds is 4. The number of anilines is 1. The molecule has 2 rings (SSSR count). The summed E-state index contributed by atoms with van der Waals surface area (Å²) in [5.74, 6) is 0. The Kier molecular flexibility index (Phi) is 3.96. The molecule has 100 valence electrons. The van der Waals surface area contributed by atoms with E-state index < -0.39 is 4.92 Å². The van der Waals surface area contributed by atoms with Crippen LogP contribution in [0.2, 0.25) is 0 Å². The van der Waals surface area contributed by atoms with Crippen molar-refractivity contribution < 1.29 is 4.92 Å². The van der Waals surface area contributed by atoms with Crippen LogP contribution in [0.3, 0.4) is 0 Å². The second-order valence-corrected chi connectivity index (χ2v) is 4.41. The highest BCUT2D eigenvalue weighted by atomic mass is 16.6. The summed E-state index contributed by atoms with van der Waals surface area (Å²) in [5, 5.41) is 19.8. The van der Waals surface area contributed by atoms with Crippen molar-refractivity contribution in [2.45, 2.75) is 6.54 Å². The molecule has 0 heterocycles. The van der Waals surface area contributed by atoms with Gasteiger partial charge in [0, 0.05) is 25.3 Å². The number of benzene rings is 2. The number of nitro benzene ring substituents is 1. The lowest BCUT2D eigenvalue weighted by atomic mass is 10.1. The molecule has 0 N–H and O–H groups in total. The van der Waals surface area contributed by atoms with Gasteiger partial charge in [0.15, 0.2) is 0 Å². The molecule has 0 aliphatic rings. The first kappa shape index (κ1) is 13.6. The molecule has 2 aromatic rings. The second-order valence-electron chi connectivity index (χ2n) is 4.41. The van der Waals surface area contributed by atoms with Crippen molar-refractivity contribution >= 4 is 11.4 Å². The summed E-state index contributed by atoms with van der Waals surface area (Å²) in [7, 11) is 1.86. The van der Waals surface area contributed by atoms with E-state index in [-0.39, 0.29) is 11.3 Å². The highest BCUT2D eigenvalue weighted by Crippen LogP contribution is 2.25. The zero-order chi connectivity index (χ0) is 14.5. The Labute approximate surface area is 116 Å². The standard InChI is InChI=1S/C15H13N3O2/c1-17(11-12-5-3-2-4-6-12)14-8-7-13(10-16)15(9-14)18(19)20/h2-9H,11H2,1H3. The topological polar surface area (TPSA) is 70.2 Å². The highest BCUT2D eigenvalue weighted by molar-refractivity contribution is 5.60. The average molecular weight is 267 g/mol. The van der Waals surface area contributed by atoms with Gasteiger partial charge >= 0.3 is 0 Å². The monoisotopic (exact) mass is 267 g/mol. The van der Waals surface area contributed by atoms with E-state index >= 15 is 0 Å². The predicted molar refractivity (Wildman–Crippen MR) is 76.4 cm³/mol. The number of hydrogen-bond acceptors (Lipinski definition) is 4. The van der Waals surface area contributed by atoms with Gasteiger partial charge in [0.25, 0.3) is 5.69 Å². The zero-order valence-electron chi connectivity index (χ0n) is 11.0. The molecule has 0 bridgehead atoms. The molecule has 0 fully saturated rings. The number of hydrogen-bond donors (Lipinski definition) is 0. The van der Waals surface area contributed by atoms with E-state index in [1.54, 1.807) is 6.07 Å². The van der Waals surface area contributed by atoms with Crippen LogP contribution in [0.15, 0.2) is 48.5 Å². The normalized spacial score (nSPS) is 9.80. The van der Waals surface area contributed by atoms with Crippen molar-refractivity contribution in [2.75, 3.05) is 11.9 Å². The molecular weight excluding hydrogens is 254 g/mol. The molecule has 0 saturated carbocycles. The van der Waals surface area contributed by atoms with Crippen LogP contribution < -0.4 is 4.90 Å². The van der Waals surface area contributed by atoms with Gasteiger partial charge in [-0.3, -0.25) is 10.1 Å². The van der Waals surface area contributed by atoms with E-state index in [0.717, 1.165) is 5.56 Å². The fourth-order valence-corrected chi connectivity index (χ4v) is 1.95. The number of nitro groups is 1. The van der Waals surface area contributed by atoms with Crippen molar-refractivity contribution in [3.8, 4) is 6.07 Å². The predicted octanol–water partition coefficient (Wildman–Crippen LogP) is 3.10. The maximum absolute atomic E-state index is 10.9. The zero-order valence-corrected chi connectivity index (χ0v) is 11.0. The first-order valence-corrected chi connectivity index (χ1v) is 6.05. The second kappa shape index (κ2) is 5.85. The van der Waals surface area contributed by atoms with E-state index in [2.05, 4.69) is 0 Å². The Balaban J connectivity index is 2.27. The third-order valence-corrected chi connectivity index (χ3v) is 3.00. The lowest BCUT2D eigenvalue weighted by molar-refractivity contribution is -0.385. The molecule has 0 atom stereocenters. The molecule has 20 heavy (non-hydrogen) atoms. The van der Waals surface area contributed by atoms with E-state index in [1.165, 1.54) is 12.1 Å². The van der Waals surface area contributed by atoms with Crippen molar-refractivity contribution in [1.82, 2.24) is 0 Å². The Morgan fingerprint density at radius 2 is 1.95 bits per heavy atom. The Morgan fingerprint density at radius 3 is 2.55 bits per heavy atom. The molecule has 0 saturated heterocycles. The summed E-state index contributed by atoms with van der Waals surface area (Å²) in [6, 6.07) is 16.3. The van der Waals surface area contributed by atoms with E-state index in [4.69, 9.17) is 5.26 Å². The van der Waals surface area contributed by atoms with Gasteiger partial charge in [-0.05, 0) is 17.7 Å². The van der Waals surface area contributed by atoms with Gasteiger partial charge in [-0.15, -0.1) is 0 Å². The summed E-state index contributed by atoms with van der Waals surface area (Å²) < 4.78 is 0. The SMILES string of the molecule is CN(Cc1ccccc1)c1ccc(C#N)c([N+](=O)[O-])c1. The minimum atomic E-state index is -0.529. The number of nitriles is 1. The fraction of sp³-hybridized carbons (Fsp3) is 0.133. The molecule has 0 aliphatic carbocycles. The fourth-order valence-electron chi connectivity index (χ4n) is 1.95. The maximum Gasteiger partial charge on any atom is 0.289 e. The van der Waals surface area contributed by atoms with E-state index in [1.807, 2.05) is 48.3 Å². The van der Waals surface area contributed by atoms with Crippen LogP contribution in [-0.4, -0.2) is 12.0 Å². The Hall–Kier alpha value is -2.87. The molecule has 5 nitrogen and oxygen atoms in total. The smallest absolute Gasteiger partial charge is 0.289 e. The lowest BCUT2D eigenvalue weighted by Gasteiger charge is -2.19. The molecule has 0 amide bonds. The third kappa shape index (κ3) is 2.93. The minimum Gasteiger partial charge on any atom is -0.370 e. The van der Waals surface area contributed by atoms with Gasteiger partial charge in [0.2, 0.25) is 0 Å². The largest absolute Gasteiger partial charge is 0.370 e. The first-order chi connectivity index (χ1) is 9.61. The molecule has 5 heteroatoms. The molecule has 0 radical (unpaired) electrons. The van der Waals surface area contributed by atoms with Gasteiger partial charge in [0.1, 0.15) is 11.6 Å². The highest BCUT2D eigenvalue weighted by Gasteiger charge is 2.15. The van der Waals surface area contributed by atoms with Crippen molar-refractivity contribution in [3.05, 3.63) is 69.8 Å². The van der Waals surface area contributed by atoms with Crippen molar-refractivity contribution in [3.63, 3.8) is 0 Å². The first-order valence-electron chi connectivity index (χ1n) is 6.05. The summed E-state index contributed by atoms with van der Waals surface area (Å²) in [6.45, 7) is 0.643. The van der Waals surface area contributed by atoms with Crippen molar-refractivity contribution in [2.24, 2.45) is 0 Å². The molecule has 0 unspecified atom stereocenters. The Morgan fingerprint density at radius 1 is 1.25 bits per heavy atom. The molecular formula is C15H13N3O2. The van der Waals surface area contributed by atoms with Gasteiger partial charge in [-0.2, -0.15) is 5.26 Å². The van der Waals surface area contributed by atoms with Gasteiger partial charge in [0.05, 0.1) is 4.92 Å². The molecule has 0 aromatic heterocycles. The lowest BCUT2D eigenvalue weighted by Crippen LogP contribution is -2.16. The summed E-state index contributed by atoms with van der Waals surface area (Å²) in [5.41, 5.74) is 1.73. The van der Waals surface area contributed by atoms with Crippen LogP contribution in [-0.2, 0) is 6.54 Å². The van der Waals surface area contributed by atoms with Crippen LogP contribution in [0.1, 0.15) is 11.1 Å². The van der Waals surface area contributed by atoms with E-state index in [0.29, 0.717) is 12.2 Å². The minimum absolute atomic E-state index is 0.0758. The molecule has 2 aromatic carbocycles. The van der Waals surface area contributed by atoms with Crippen LogP contribution in [0.25, 0.3) is 0 Å². The molecule has 0 spiro atoms. The maximum atomic E-state index is 10.9. The van der Waals surface area contributed by atoms with Gasteiger partial charge in [-0.1, -0.05) is 30.3 Å². The quantitative estimate of drug-likeness (QED) is 0.630. The summed E-state index contributed by atoms with van der Waals surface area (Å²) in [6.07, 6.45) is 0. The van der Waals surface area contributed by atoms with Gasteiger partial charge < -0.3 is 4.90 Å². The third-order valence-electron chi connectivity index (χ3n) is 3.00. The average Bonchev–Trinajstić information content (AvgIpc) is 2.47. The summed E-state index contributed by atoms with van der Waals surface area (Å²) in [4.78, 5) is 12.3. The van der Waals surface area contributed by atoms with Crippen LogP contribution >= 0.6 is 0 Å². The van der Waals surface area contributed by atoms with E-state index in [9.17, 15) is 10.1 Å². The van der Waals surface area contributed by atoms with Crippen LogP contribution in [0.5, 0.6) is 0 Å². The Bertz CT molecular complexity index is 663. The van der Waals surface area contributed by atoms with Gasteiger partial charge in [-0.25, -0.2) is 0 Å². The van der Waals surface area contributed by atoms with Crippen LogP contribution in [0.4, 0.5) is 11.4 Å².